The predicted octanol–water partition coefficient (Wildman–Crippen LogP) is 3.12. The summed E-state index contributed by atoms with van der Waals surface area (Å²) in [5, 5.41) is 0.130. The Morgan fingerprint density at radius 3 is 2.61 bits per heavy atom. The molecule has 12 heteroatoms. The highest BCUT2D eigenvalue weighted by atomic mass is 19.1. The van der Waals surface area contributed by atoms with E-state index >= 15 is 0 Å². The maximum Gasteiger partial charge on any atom is 0.332 e. The molecule has 1 aliphatic rings. The van der Waals surface area contributed by atoms with E-state index in [1.165, 1.54) is 56.2 Å². The number of methoxy groups -OCH3 is 1. The SMILES string of the molecule is COc1ccc(F)cc1C(Cn1c(=O)n(C(C)(C)C(N)=O)c(=O)c2cc(-c3ncco3)ccc21)OC1CCOCC1. The Bertz CT molecular complexity index is 1690. The summed E-state index contributed by atoms with van der Waals surface area (Å²) in [6.07, 6.45) is 3.00. The molecule has 0 radical (unpaired) electrons. The van der Waals surface area contributed by atoms with Gasteiger partial charge in [0.15, 0.2) is 0 Å². The van der Waals surface area contributed by atoms with Gasteiger partial charge in [0.25, 0.3) is 5.56 Å². The molecule has 2 aromatic heterocycles. The second-order valence-electron chi connectivity index (χ2n) is 10.3. The van der Waals surface area contributed by atoms with Crippen molar-refractivity contribution in [3.05, 3.63) is 81.1 Å². The minimum Gasteiger partial charge on any atom is -0.496 e. The molecule has 1 unspecified atom stereocenters. The Balaban J connectivity index is 1.74. The van der Waals surface area contributed by atoms with E-state index in [9.17, 15) is 18.8 Å². The van der Waals surface area contributed by atoms with E-state index in [1.807, 2.05) is 0 Å². The van der Waals surface area contributed by atoms with Crippen LogP contribution in [0.15, 0.2) is 62.9 Å². The summed E-state index contributed by atoms with van der Waals surface area (Å²) in [5.74, 6) is -0.727. The van der Waals surface area contributed by atoms with Crippen LogP contribution >= 0.6 is 0 Å². The summed E-state index contributed by atoms with van der Waals surface area (Å²) in [6, 6.07) is 8.89. The fraction of sp³-hybridized carbons (Fsp3) is 0.379. The Labute approximate surface area is 234 Å². The molecule has 5 rings (SSSR count). The van der Waals surface area contributed by atoms with Crippen LogP contribution in [-0.2, 0) is 26.4 Å². The Morgan fingerprint density at radius 1 is 1.20 bits per heavy atom. The number of carbonyl (C=O) groups excluding carboxylic acids is 1. The van der Waals surface area contributed by atoms with Crippen molar-refractivity contribution in [2.75, 3.05) is 20.3 Å². The van der Waals surface area contributed by atoms with Crippen LogP contribution in [0.3, 0.4) is 0 Å². The van der Waals surface area contributed by atoms with Crippen LogP contribution in [0.25, 0.3) is 22.4 Å². The van der Waals surface area contributed by atoms with Gasteiger partial charge in [-0.05, 0) is 63.1 Å². The van der Waals surface area contributed by atoms with E-state index in [-0.39, 0.29) is 29.4 Å². The molecule has 0 bridgehead atoms. The smallest absolute Gasteiger partial charge is 0.332 e. The fourth-order valence-electron chi connectivity index (χ4n) is 5.03. The van der Waals surface area contributed by atoms with Gasteiger partial charge in [-0.2, -0.15) is 0 Å². The minimum absolute atomic E-state index is 0.125. The van der Waals surface area contributed by atoms with Crippen molar-refractivity contribution in [3.63, 3.8) is 0 Å². The molecule has 1 aliphatic heterocycles. The molecule has 1 amide bonds. The van der Waals surface area contributed by atoms with Crippen LogP contribution in [0.1, 0.15) is 38.4 Å². The van der Waals surface area contributed by atoms with E-state index < -0.39 is 34.6 Å². The van der Waals surface area contributed by atoms with Crippen LogP contribution in [0.2, 0.25) is 0 Å². The van der Waals surface area contributed by atoms with Crippen molar-refractivity contribution in [2.45, 2.75) is 51.0 Å². The molecule has 4 aromatic rings. The average Bonchev–Trinajstić information content (AvgIpc) is 3.50. The third kappa shape index (κ3) is 5.40. The zero-order chi connectivity index (χ0) is 29.3. The number of amides is 1. The van der Waals surface area contributed by atoms with E-state index in [0.717, 1.165) is 4.57 Å². The number of aromatic nitrogens is 3. The summed E-state index contributed by atoms with van der Waals surface area (Å²) in [7, 11) is 1.46. The number of halogens is 1. The van der Waals surface area contributed by atoms with Crippen molar-refractivity contribution >= 4 is 16.8 Å². The fourth-order valence-corrected chi connectivity index (χ4v) is 5.03. The molecule has 1 atom stereocenters. The Kier molecular flexibility index (Phi) is 7.78. The molecule has 0 saturated carbocycles. The highest BCUT2D eigenvalue weighted by molar-refractivity contribution is 5.85. The zero-order valence-electron chi connectivity index (χ0n) is 23.0. The summed E-state index contributed by atoms with van der Waals surface area (Å²) < 4.78 is 39.6. The summed E-state index contributed by atoms with van der Waals surface area (Å²) in [6.45, 7) is 3.68. The summed E-state index contributed by atoms with van der Waals surface area (Å²) in [4.78, 5) is 44.4. The first-order chi connectivity index (χ1) is 19.6. The van der Waals surface area contributed by atoms with Gasteiger partial charge in [0.2, 0.25) is 11.8 Å². The van der Waals surface area contributed by atoms with Gasteiger partial charge in [0, 0.05) is 24.3 Å². The number of carbonyl (C=O) groups is 1. The second-order valence-corrected chi connectivity index (χ2v) is 10.3. The third-order valence-corrected chi connectivity index (χ3v) is 7.40. The van der Waals surface area contributed by atoms with Gasteiger partial charge in [0.1, 0.15) is 29.5 Å². The highest BCUT2D eigenvalue weighted by Crippen LogP contribution is 2.33. The number of hydrogen-bond donors (Lipinski definition) is 1. The van der Waals surface area contributed by atoms with Crippen molar-refractivity contribution < 1.29 is 27.8 Å². The number of ether oxygens (including phenoxy) is 3. The molecule has 1 saturated heterocycles. The lowest BCUT2D eigenvalue weighted by Gasteiger charge is -2.30. The van der Waals surface area contributed by atoms with Crippen LogP contribution in [0.5, 0.6) is 5.75 Å². The minimum atomic E-state index is -1.67. The van der Waals surface area contributed by atoms with Crippen LogP contribution in [0, 0.1) is 5.82 Å². The number of rotatable bonds is 9. The number of oxazole rings is 1. The molecular formula is C29H31FN4O7. The Hall–Kier alpha value is -4.29. The molecule has 11 nitrogen and oxygen atoms in total. The van der Waals surface area contributed by atoms with Crippen LogP contribution in [0.4, 0.5) is 4.39 Å². The van der Waals surface area contributed by atoms with E-state index in [4.69, 9.17) is 24.4 Å². The lowest BCUT2D eigenvalue weighted by molar-refractivity contribution is -0.125. The largest absolute Gasteiger partial charge is 0.496 e. The van der Waals surface area contributed by atoms with E-state index in [1.54, 1.807) is 18.2 Å². The molecule has 0 spiro atoms. The summed E-state index contributed by atoms with van der Waals surface area (Å²) >= 11 is 0. The second kappa shape index (κ2) is 11.3. The lowest BCUT2D eigenvalue weighted by Crippen LogP contribution is -2.54. The predicted molar refractivity (Wildman–Crippen MR) is 147 cm³/mol. The van der Waals surface area contributed by atoms with Gasteiger partial charge < -0.3 is 24.4 Å². The number of nitrogens with zero attached hydrogens (tertiary/aromatic N) is 3. The van der Waals surface area contributed by atoms with Gasteiger partial charge in [0.05, 0.1) is 36.9 Å². The Morgan fingerprint density at radius 2 is 1.95 bits per heavy atom. The maximum absolute atomic E-state index is 14.5. The van der Waals surface area contributed by atoms with Crippen molar-refractivity contribution in [2.24, 2.45) is 5.73 Å². The van der Waals surface area contributed by atoms with Crippen molar-refractivity contribution in [1.29, 1.82) is 0 Å². The molecular weight excluding hydrogens is 535 g/mol. The van der Waals surface area contributed by atoms with E-state index in [2.05, 4.69) is 4.98 Å². The normalized spacial score (nSPS) is 15.2. The van der Waals surface area contributed by atoms with E-state index in [0.29, 0.717) is 42.9 Å². The first-order valence-corrected chi connectivity index (χ1v) is 13.2. The number of hydrogen-bond acceptors (Lipinski definition) is 8. The first kappa shape index (κ1) is 28.2. The zero-order valence-corrected chi connectivity index (χ0v) is 23.0. The third-order valence-electron chi connectivity index (χ3n) is 7.40. The van der Waals surface area contributed by atoms with Gasteiger partial charge in [-0.15, -0.1) is 0 Å². The first-order valence-electron chi connectivity index (χ1n) is 13.2. The van der Waals surface area contributed by atoms with Crippen LogP contribution in [-0.4, -0.2) is 46.5 Å². The topological polar surface area (TPSA) is 141 Å². The van der Waals surface area contributed by atoms with Gasteiger partial charge in [-0.1, -0.05) is 0 Å². The molecule has 2 N–H and O–H groups in total. The van der Waals surface area contributed by atoms with Gasteiger partial charge >= 0.3 is 5.69 Å². The molecule has 3 heterocycles. The molecule has 216 valence electrons. The standard InChI is InChI=1S/C29H31FN4O7/c1-29(2,27(31)36)34-26(35)20-14-17(25-32-10-13-40-25)4-6-22(20)33(28(34)37)16-24(41-19-8-11-39-12-9-19)21-15-18(30)5-7-23(21)38-3/h4-7,10,13-15,19,24H,8-9,11-12,16H2,1-3H3,(H2,31,36). The monoisotopic (exact) mass is 566 g/mol. The van der Waals surface area contributed by atoms with Gasteiger partial charge in [-0.25, -0.2) is 18.7 Å². The van der Waals surface area contributed by atoms with Crippen molar-refractivity contribution in [3.8, 4) is 17.2 Å². The quantitative estimate of drug-likeness (QED) is 0.326. The number of primary amides is 1. The highest BCUT2D eigenvalue weighted by Gasteiger charge is 2.34. The number of benzene rings is 2. The molecule has 1 fully saturated rings. The lowest BCUT2D eigenvalue weighted by atomic mass is 10.0. The van der Waals surface area contributed by atoms with Crippen molar-refractivity contribution in [1.82, 2.24) is 14.1 Å². The van der Waals surface area contributed by atoms with Crippen LogP contribution < -0.4 is 21.7 Å². The molecule has 41 heavy (non-hydrogen) atoms. The average molecular weight is 567 g/mol. The van der Waals surface area contributed by atoms with Gasteiger partial charge in [-0.3, -0.25) is 14.2 Å². The summed E-state index contributed by atoms with van der Waals surface area (Å²) in [5.41, 5.74) is 3.67. The maximum atomic E-state index is 14.5. The molecule has 0 aliphatic carbocycles. The number of fused-ring (bicyclic) bond motifs is 1. The molecule has 2 aromatic carbocycles. The number of nitrogens with two attached hydrogens (primary N) is 1.